The zero-order chi connectivity index (χ0) is 18.9. The second kappa shape index (κ2) is 11.7. The molecule has 2 N–H and O–H groups in total. The van der Waals surface area contributed by atoms with Crippen molar-refractivity contribution in [3.05, 3.63) is 71.2 Å². The summed E-state index contributed by atoms with van der Waals surface area (Å²) in [6.45, 7) is 3.90. The fourth-order valence-corrected chi connectivity index (χ4v) is 3.45. The fourth-order valence-electron chi connectivity index (χ4n) is 2.62. The summed E-state index contributed by atoms with van der Waals surface area (Å²) in [5.41, 5.74) is 3.24. The second-order valence-corrected chi connectivity index (χ2v) is 6.69. The monoisotopic (exact) mass is 508 g/mol. The fraction of sp³-hybridized carbons (Fsp3) is 0.238. The number of aliphatic imine (C=N–C) groups is 1. The van der Waals surface area contributed by atoms with Crippen LogP contribution in [0.2, 0.25) is 0 Å². The van der Waals surface area contributed by atoms with Crippen molar-refractivity contribution in [1.29, 1.82) is 0 Å². The largest absolute Gasteiger partial charge is 0.494 e. The second-order valence-electron chi connectivity index (χ2n) is 5.83. The zero-order valence-corrected chi connectivity index (χ0v) is 19.2. The molecule has 3 aromatic rings. The van der Waals surface area contributed by atoms with Gasteiger partial charge in [-0.05, 0) is 13.0 Å². The number of benzene rings is 2. The Morgan fingerprint density at radius 1 is 1.04 bits per heavy atom. The van der Waals surface area contributed by atoms with Crippen LogP contribution in [-0.2, 0) is 13.1 Å². The number of aromatic nitrogens is 1. The van der Waals surface area contributed by atoms with E-state index in [1.807, 2.05) is 43.3 Å². The van der Waals surface area contributed by atoms with Gasteiger partial charge in [0.15, 0.2) is 5.96 Å². The molecule has 5 nitrogen and oxygen atoms in total. The van der Waals surface area contributed by atoms with Crippen molar-refractivity contribution in [3.8, 4) is 16.3 Å². The maximum Gasteiger partial charge on any atom is 0.191 e. The maximum atomic E-state index is 5.67. The van der Waals surface area contributed by atoms with Crippen LogP contribution in [0.5, 0.6) is 5.75 Å². The number of ether oxygens (including phenoxy) is 1. The van der Waals surface area contributed by atoms with E-state index in [1.54, 1.807) is 18.4 Å². The van der Waals surface area contributed by atoms with Crippen LogP contribution in [0.25, 0.3) is 10.6 Å². The molecule has 28 heavy (non-hydrogen) atoms. The zero-order valence-electron chi connectivity index (χ0n) is 16.0. The van der Waals surface area contributed by atoms with Gasteiger partial charge in [0.25, 0.3) is 0 Å². The lowest BCUT2D eigenvalue weighted by Crippen LogP contribution is -2.36. The van der Waals surface area contributed by atoms with Crippen molar-refractivity contribution in [2.24, 2.45) is 4.99 Å². The molecule has 7 heteroatoms. The standard InChI is InChI=1S/C21H24N4OS.HI/c1-3-26-19-12-8-7-11-17(19)13-23-21(22-2)24-14-18-15-27-20(25-18)16-9-5-4-6-10-16;/h4-12,15H,3,13-14H2,1-2H3,(H2,22,23,24);1H. The lowest BCUT2D eigenvalue weighted by molar-refractivity contribution is 0.336. The van der Waals surface area contributed by atoms with E-state index in [0.717, 1.165) is 33.5 Å². The van der Waals surface area contributed by atoms with Gasteiger partial charge in [-0.25, -0.2) is 4.98 Å². The van der Waals surface area contributed by atoms with Crippen molar-refractivity contribution in [1.82, 2.24) is 15.6 Å². The van der Waals surface area contributed by atoms with Crippen LogP contribution in [0, 0.1) is 0 Å². The number of nitrogens with one attached hydrogen (secondary N) is 2. The third kappa shape index (κ3) is 6.20. The Kier molecular flexibility index (Phi) is 9.22. The molecule has 0 atom stereocenters. The average Bonchev–Trinajstić information content (AvgIpc) is 3.19. The predicted octanol–water partition coefficient (Wildman–Crippen LogP) is 4.69. The molecule has 0 radical (unpaired) electrons. The number of nitrogens with zero attached hydrogens (tertiary/aromatic N) is 2. The van der Waals surface area contributed by atoms with E-state index in [4.69, 9.17) is 9.72 Å². The number of thiazole rings is 1. The van der Waals surface area contributed by atoms with Gasteiger partial charge in [0.1, 0.15) is 10.8 Å². The van der Waals surface area contributed by atoms with Crippen molar-refractivity contribution in [2.75, 3.05) is 13.7 Å². The molecule has 0 aliphatic heterocycles. The SMILES string of the molecule is CCOc1ccccc1CNC(=NC)NCc1csc(-c2ccccc2)n1.I. The lowest BCUT2D eigenvalue weighted by Gasteiger charge is -2.13. The minimum Gasteiger partial charge on any atom is -0.494 e. The highest BCUT2D eigenvalue weighted by molar-refractivity contribution is 14.0. The van der Waals surface area contributed by atoms with E-state index >= 15 is 0 Å². The third-order valence-corrected chi connectivity index (χ3v) is 4.89. The molecule has 0 aliphatic rings. The minimum atomic E-state index is 0. The summed E-state index contributed by atoms with van der Waals surface area (Å²) in [4.78, 5) is 8.98. The molecule has 1 aromatic heterocycles. The van der Waals surface area contributed by atoms with E-state index in [1.165, 1.54) is 0 Å². The Morgan fingerprint density at radius 2 is 1.75 bits per heavy atom. The van der Waals surface area contributed by atoms with Crippen molar-refractivity contribution < 1.29 is 4.74 Å². The Hall–Kier alpha value is -2.13. The number of para-hydroxylation sites is 1. The highest BCUT2D eigenvalue weighted by Crippen LogP contribution is 2.23. The van der Waals surface area contributed by atoms with Gasteiger partial charge in [-0.3, -0.25) is 4.99 Å². The first-order valence-corrected chi connectivity index (χ1v) is 9.83. The number of halogens is 1. The summed E-state index contributed by atoms with van der Waals surface area (Å²) in [6.07, 6.45) is 0. The molecule has 0 unspecified atom stereocenters. The van der Waals surface area contributed by atoms with E-state index in [2.05, 4.69) is 39.2 Å². The predicted molar refractivity (Wildman–Crippen MR) is 128 cm³/mol. The Morgan fingerprint density at radius 3 is 2.50 bits per heavy atom. The van der Waals surface area contributed by atoms with Gasteiger partial charge >= 0.3 is 0 Å². The Bertz CT molecular complexity index is 883. The molecule has 0 amide bonds. The molecule has 0 saturated heterocycles. The van der Waals surface area contributed by atoms with E-state index in [9.17, 15) is 0 Å². The molecule has 0 spiro atoms. The molecule has 0 aliphatic carbocycles. The average molecular weight is 508 g/mol. The maximum absolute atomic E-state index is 5.67. The Labute approximate surface area is 187 Å². The molecule has 1 heterocycles. The number of guanidine groups is 1. The van der Waals surface area contributed by atoms with Crippen molar-refractivity contribution in [2.45, 2.75) is 20.0 Å². The van der Waals surface area contributed by atoms with Crippen LogP contribution in [0.1, 0.15) is 18.2 Å². The van der Waals surface area contributed by atoms with Crippen LogP contribution in [0.4, 0.5) is 0 Å². The van der Waals surface area contributed by atoms with Gasteiger partial charge in [-0.1, -0.05) is 48.5 Å². The quantitative estimate of drug-likeness (QED) is 0.276. The van der Waals surface area contributed by atoms with Gasteiger partial charge in [-0.2, -0.15) is 0 Å². The number of hydrogen-bond acceptors (Lipinski definition) is 4. The molecule has 0 saturated carbocycles. The smallest absolute Gasteiger partial charge is 0.191 e. The molecular formula is C21H25IN4OS. The van der Waals surface area contributed by atoms with Gasteiger partial charge in [0, 0.05) is 30.1 Å². The van der Waals surface area contributed by atoms with Crippen LogP contribution < -0.4 is 15.4 Å². The van der Waals surface area contributed by atoms with Crippen LogP contribution >= 0.6 is 35.3 Å². The first kappa shape index (κ1) is 22.2. The van der Waals surface area contributed by atoms with Crippen molar-refractivity contribution >= 4 is 41.3 Å². The lowest BCUT2D eigenvalue weighted by atomic mass is 10.2. The highest BCUT2D eigenvalue weighted by atomic mass is 127. The summed E-state index contributed by atoms with van der Waals surface area (Å²) in [5, 5.41) is 9.75. The molecule has 2 aromatic carbocycles. The molecule has 3 rings (SSSR count). The molecule has 148 valence electrons. The molecular weight excluding hydrogens is 483 g/mol. The normalized spacial score (nSPS) is 10.9. The summed E-state index contributed by atoms with van der Waals surface area (Å²) < 4.78 is 5.67. The van der Waals surface area contributed by atoms with Gasteiger partial charge in [0.05, 0.1) is 18.8 Å². The van der Waals surface area contributed by atoms with Gasteiger partial charge in [0.2, 0.25) is 0 Å². The first-order chi connectivity index (χ1) is 13.3. The highest BCUT2D eigenvalue weighted by Gasteiger charge is 2.07. The Balaban J connectivity index is 0.00000280. The van der Waals surface area contributed by atoms with Gasteiger partial charge in [-0.15, -0.1) is 35.3 Å². The van der Waals surface area contributed by atoms with Gasteiger partial charge < -0.3 is 15.4 Å². The summed E-state index contributed by atoms with van der Waals surface area (Å²) in [6, 6.07) is 18.2. The van der Waals surface area contributed by atoms with E-state index < -0.39 is 0 Å². The minimum absolute atomic E-state index is 0. The molecule has 0 bridgehead atoms. The van der Waals surface area contributed by atoms with E-state index in [0.29, 0.717) is 19.7 Å². The van der Waals surface area contributed by atoms with Crippen molar-refractivity contribution in [3.63, 3.8) is 0 Å². The summed E-state index contributed by atoms with van der Waals surface area (Å²) in [5.74, 6) is 1.63. The number of rotatable bonds is 7. The van der Waals surface area contributed by atoms with Crippen LogP contribution in [0.15, 0.2) is 65.0 Å². The first-order valence-electron chi connectivity index (χ1n) is 8.95. The number of hydrogen-bond donors (Lipinski definition) is 2. The molecule has 0 fully saturated rings. The van der Waals surface area contributed by atoms with Crippen LogP contribution in [0.3, 0.4) is 0 Å². The third-order valence-electron chi connectivity index (χ3n) is 3.95. The summed E-state index contributed by atoms with van der Waals surface area (Å²) in [7, 11) is 1.76. The van der Waals surface area contributed by atoms with E-state index in [-0.39, 0.29) is 24.0 Å². The van der Waals surface area contributed by atoms with Crippen LogP contribution in [-0.4, -0.2) is 24.6 Å². The topological polar surface area (TPSA) is 58.5 Å². The summed E-state index contributed by atoms with van der Waals surface area (Å²) >= 11 is 1.65.